The molecule has 0 heterocycles. The van der Waals surface area contributed by atoms with E-state index in [1.54, 1.807) is 24.3 Å². The Balaban J connectivity index is 2.89. The number of nitrogens with zero attached hydrogens (tertiary/aromatic N) is 3. The Kier molecular flexibility index (Phi) is 2.32. The predicted molar refractivity (Wildman–Crippen MR) is 42.4 cm³/mol. The number of nitro groups is 1. The molecule has 12 heavy (non-hydrogen) atoms. The summed E-state index contributed by atoms with van der Waals surface area (Å²) in [5.74, 6) is 0. The van der Waals surface area contributed by atoms with E-state index in [0.717, 1.165) is 0 Å². The van der Waals surface area contributed by atoms with Crippen molar-refractivity contribution >= 4 is 11.4 Å². The number of benzene rings is 1. The first kappa shape index (κ1) is 8.12. The Morgan fingerprint density at radius 1 is 1.42 bits per heavy atom. The summed E-state index contributed by atoms with van der Waals surface area (Å²) in [6, 6.07) is 6.52. The van der Waals surface area contributed by atoms with E-state index in [1.165, 1.54) is 0 Å². The fourth-order valence-electron chi connectivity index (χ4n) is 0.663. The van der Waals surface area contributed by atoms with Gasteiger partial charge in [-0.2, -0.15) is 0 Å². The highest BCUT2D eigenvalue weighted by Crippen LogP contribution is 2.20. The third-order valence-electron chi connectivity index (χ3n) is 1.16. The predicted octanol–water partition coefficient (Wildman–Crippen LogP) is 1.54. The molecule has 6 heteroatoms. The van der Waals surface area contributed by atoms with Crippen LogP contribution in [-0.2, 0) is 0 Å². The average Bonchev–Trinajstić information content (AvgIpc) is 2.03. The van der Waals surface area contributed by atoms with E-state index in [4.69, 9.17) is 5.73 Å². The van der Waals surface area contributed by atoms with Crippen LogP contribution in [0.4, 0.5) is 11.4 Å². The summed E-state index contributed by atoms with van der Waals surface area (Å²) in [5.41, 5.74) is 6.09. The van der Waals surface area contributed by atoms with Crippen LogP contribution in [0.2, 0.25) is 0 Å². The second kappa shape index (κ2) is 3.42. The Hall–Kier alpha value is -1.98. The largest absolute Gasteiger partial charge is 0.395 e. The zero-order valence-electron chi connectivity index (χ0n) is 6.04. The molecule has 1 aromatic carbocycles. The van der Waals surface area contributed by atoms with Gasteiger partial charge >= 0.3 is 0 Å². The first-order valence-electron chi connectivity index (χ1n) is 3.10. The highest BCUT2D eigenvalue weighted by molar-refractivity contribution is 5.61. The summed E-state index contributed by atoms with van der Waals surface area (Å²) in [7, 11) is 0. The standard InChI is InChI=1S/C6H6N4O2/c7-5-3-1-2-4-6(5)8-9-10(11)12/h1-4H,7H2/b9-8+. The van der Waals surface area contributed by atoms with Gasteiger partial charge in [-0.25, -0.2) is 0 Å². The zero-order chi connectivity index (χ0) is 8.97. The minimum Gasteiger partial charge on any atom is -0.395 e. The molecule has 0 fully saturated rings. The van der Waals surface area contributed by atoms with Gasteiger partial charge in [0.1, 0.15) is 0 Å². The van der Waals surface area contributed by atoms with Gasteiger partial charge in [0.15, 0.2) is 5.22 Å². The molecule has 0 unspecified atom stereocenters. The molecule has 0 aromatic heterocycles. The molecule has 0 aliphatic carbocycles. The first-order chi connectivity index (χ1) is 5.70. The van der Waals surface area contributed by atoms with Crippen LogP contribution in [0.15, 0.2) is 34.6 Å². The van der Waals surface area contributed by atoms with Crippen LogP contribution in [0.3, 0.4) is 0 Å². The summed E-state index contributed by atoms with van der Waals surface area (Å²) in [4.78, 5) is 9.79. The number of nitrogen functional groups attached to an aromatic ring is 1. The molecule has 0 saturated carbocycles. The fraction of sp³-hybridized carbons (Fsp3) is 0. The van der Waals surface area contributed by atoms with Crippen molar-refractivity contribution in [3.63, 3.8) is 0 Å². The van der Waals surface area contributed by atoms with Crippen LogP contribution in [-0.4, -0.2) is 5.03 Å². The second-order valence-corrected chi connectivity index (χ2v) is 1.99. The molecule has 0 saturated heterocycles. The van der Waals surface area contributed by atoms with E-state index in [0.29, 0.717) is 11.4 Å². The number of anilines is 1. The quantitative estimate of drug-likeness (QED) is 0.312. The van der Waals surface area contributed by atoms with Crippen molar-refractivity contribution in [3.8, 4) is 0 Å². The van der Waals surface area contributed by atoms with Gasteiger partial charge in [0, 0.05) is 0 Å². The van der Waals surface area contributed by atoms with Crippen molar-refractivity contribution in [3.05, 3.63) is 34.4 Å². The normalized spacial score (nSPS) is 10.3. The van der Waals surface area contributed by atoms with E-state index in [2.05, 4.69) is 10.3 Å². The van der Waals surface area contributed by atoms with Gasteiger partial charge in [-0.15, -0.1) is 0 Å². The summed E-state index contributed by atoms with van der Waals surface area (Å²) in [6.45, 7) is 0. The Morgan fingerprint density at radius 2 is 2.08 bits per heavy atom. The smallest absolute Gasteiger partial charge is 0.226 e. The lowest BCUT2D eigenvalue weighted by Gasteiger charge is -1.88. The molecule has 6 nitrogen and oxygen atoms in total. The summed E-state index contributed by atoms with van der Waals surface area (Å²) < 4.78 is 0. The van der Waals surface area contributed by atoms with Gasteiger partial charge in [0.25, 0.3) is 0 Å². The summed E-state index contributed by atoms with van der Waals surface area (Å²) in [5, 5.41) is 14.9. The third kappa shape index (κ3) is 2.01. The highest BCUT2D eigenvalue weighted by atomic mass is 16.7. The van der Waals surface area contributed by atoms with Crippen LogP contribution in [0.25, 0.3) is 0 Å². The minimum atomic E-state index is -0.883. The zero-order valence-corrected chi connectivity index (χ0v) is 6.04. The Labute approximate surface area is 67.8 Å². The fourth-order valence-corrected chi connectivity index (χ4v) is 0.663. The number of hydrogen-bond donors (Lipinski definition) is 1. The topological polar surface area (TPSA) is 93.9 Å². The van der Waals surface area contributed by atoms with Crippen LogP contribution >= 0.6 is 0 Å². The van der Waals surface area contributed by atoms with Crippen molar-refractivity contribution in [2.75, 3.05) is 5.73 Å². The Bertz CT molecular complexity index is 323. The van der Waals surface area contributed by atoms with Crippen LogP contribution in [0, 0.1) is 10.1 Å². The summed E-state index contributed by atoms with van der Waals surface area (Å²) in [6.07, 6.45) is 0. The molecule has 0 radical (unpaired) electrons. The molecule has 0 aliphatic rings. The molecular formula is C6H6N4O2. The van der Waals surface area contributed by atoms with E-state index in [-0.39, 0.29) is 0 Å². The van der Waals surface area contributed by atoms with Crippen molar-refractivity contribution in [1.82, 2.24) is 0 Å². The van der Waals surface area contributed by atoms with E-state index in [1.807, 2.05) is 0 Å². The molecule has 0 atom stereocenters. The maximum Gasteiger partial charge on any atom is 0.226 e. The molecule has 1 rings (SSSR count). The van der Waals surface area contributed by atoms with Gasteiger partial charge in [0.05, 0.1) is 15.8 Å². The molecule has 62 valence electrons. The van der Waals surface area contributed by atoms with E-state index < -0.39 is 5.03 Å². The van der Waals surface area contributed by atoms with Gasteiger partial charge in [-0.3, -0.25) is 0 Å². The minimum absolute atomic E-state index is 0.300. The second-order valence-electron chi connectivity index (χ2n) is 1.99. The molecule has 2 N–H and O–H groups in total. The lowest BCUT2D eigenvalue weighted by molar-refractivity contribution is -0.493. The number of rotatable bonds is 2. The lowest BCUT2D eigenvalue weighted by Crippen LogP contribution is -1.85. The van der Waals surface area contributed by atoms with Gasteiger partial charge in [-0.05, 0) is 12.1 Å². The molecule has 1 aromatic rings. The van der Waals surface area contributed by atoms with Crippen molar-refractivity contribution < 1.29 is 5.03 Å². The highest BCUT2D eigenvalue weighted by Gasteiger charge is 2.01. The van der Waals surface area contributed by atoms with Gasteiger partial charge in [0.2, 0.25) is 5.69 Å². The van der Waals surface area contributed by atoms with Gasteiger partial charge < -0.3 is 15.8 Å². The van der Waals surface area contributed by atoms with Crippen molar-refractivity contribution in [2.24, 2.45) is 10.3 Å². The number of nitrogens with two attached hydrogens (primary N) is 1. The molecular weight excluding hydrogens is 160 g/mol. The van der Waals surface area contributed by atoms with E-state index in [9.17, 15) is 10.1 Å². The van der Waals surface area contributed by atoms with Crippen molar-refractivity contribution in [2.45, 2.75) is 0 Å². The Morgan fingerprint density at radius 3 is 2.67 bits per heavy atom. The van der Waals surface area contributed by atoms with Gasteiger partial charge in [-0.1, -0.05) is 12.1 Å². The van der Waals surface area contributed by atoms with Crippen LogP contribution in [0.1, 0.15) is 0 Å². The lowest BCUT2D eigenvalue weighted by atomic mass is 10.3. The molecule has 0 aliphatic heterocycles. The molecule has 0 spiro atoms. The van der Waals surface area contributed by atoms with Crippen LogP contribution < -0.4 is 5.73 Å². The maximum atomic E-state index is 9.79. The summed E-state index contributed by atoms with van der Waals surface area (Å²) >= 11 is 0. The van der Waals surface area contributed by atoms with Crippen molar-refractivity contribution in [1.29, 1.82) is 0 Å². The number of hydrogen-bond acceptors (Lipinski definition) is 4. The van der Waals surface area contributed by atoms with Crippen LogP contribution in [0.5, 0.6) is 0 Å². The monoisotopic (exact) mass is 166 g/mol. The first-order valence-corrected chi connectivity index (χ1v) is 3.10. The number of para-hydroxylation sites is 1. The third-order valence-corrected chi connectivity index (χ3v) is 1.16. The van der Waals surface area contributed by atoms with E-state index >= 15 is 0 Å². The molecule has 0 amide bonds. The average molecular weight is 166 g/mol. The SMILES string of the molecule is Nc1ccccc1/N=N/[N+](=O)[O-]. The maximum absolute atomic E-state index is 9.79. The molecule has 0 bridgehead atoms.